The maximum atomic E-state index is 6.25. The van der Waals surface area contributed by atoms with E-state index in [9.17, 15) is 0 Å². The standard InChI is InChI=1S/C59H37N3O2/c1-3-16-40-45-33-35(29-31-53(45)63-51(40)4-2)56-60-57(36-30-32-54-46(34-36)41-20-10-14-28-52(41)64-54)62-58(61-56)43-21-6-5-17-37(43)42-23-15-27-50-55(42)44-22-9-13-26-49(44)59(50)47-24-11-7-18-38(47)39-19-8-12-25-48(39)59/h3-34H,1H2,2H3/b40-16-,51-4+. The van der Waals surface area contributed by atoms with E-state index in [1.54, 1.807) is 6.08 Å². The minimum Gasteiger partial charge on any atom is -0.456 e. The van der Waals surface area contributed by atoms with Gasteiger partial charge in [-0.05, 0) is 111 Å². The Morgan fingerprint density at radius 2 is 0.953 bits per heavy atom. The van der Waals surface area contributed by atoms with E-state index in [-0.39, 0.29) is 0 Å². The highest BCUT2D eigenvalue weighted by Crippen LogP contribution is 2.64. The summed E-state index contributed by atoms with van der Waals surface area (Å²) in [5, 5.41) is 3.98. The Balaban J connectivity index is 1.06. The van der Waals surface area contributed by atoms with Crippen molar-refractivity contribution in [2.75, 3.05) is 0 Å². The molecule has 0 radical (unpaired) electrons. The van der Waals surface area contributed by atoms with Crippen molar-refractivity contribution in [3.63, 3.8) is 0 Å². The summed E-state index contributed by atoms with van der Waals surface area (Å²) >= 11 is 0. The molecular weight excluding hydrogens is 783 g/mol. The maximum Gasteiger partial charge on any atom is 0.164 e. The van der Waals surface area contributed by atoms with E-state index in [1.165, 1.54) is 44.5 Å². The second-order valence-electron chi connectivity index (χ2n) is 16.6. The number of allylic oxidation sites excluding steroid dienone is 1. The molecule has 0 atom stereocenters. The van der Waals surface area contributed by atoms with E-state index in [0.29, 0.717) is 17.5 Å². The Hall–Kier alpha value is -8.41. The van der Waals surface area contributed by atoms with Crippen LogP contribution >= 0.6 is 0 Å². The number of benzene rings is 8. The molecule has 1 spiro atoms. The SMILES string of the molecule is C=C/C=c1\c(=C/C)oc2ccc(-c3nc(-c4ccc5oc6ccccc6c5c4)nc(-c4ccccc4-c4cccc5c4-c4ccccc4C54c5ccccc5-c5ccccc54)n3)cc12. The lowest BCUT2D eigenvalue weighted by molar-refractivity contribution is 0.575. The van der Waals surface area contributed by atoms with Crippen LogP contribution in [0.3, 0.4) is 0 Å². The van der Waals surface area contributed by atoms with Gasteiger partial charge in [0, 0.05) is 38.1 Å². The molecular formula is C59H37N3O2. The van der Waals surface area contributed by atoms with Gasteiger partial charge in [-0.15, -0.1) is 0 Å². The number of hydrogen-bond donors (Lipinski definition) is 0. The highest BCUT2D eigenvalue weighted by atomic mass is 16.3. The third kappa shape index (κ3) is 5.03. The van der Waals surface area contributed by atoms with Crippen molar-refractivity contribution in [1.29, 1.82) is 0 Å². The number of rotatable bonds is 5. The van der Waals surface area contributed by atoms with Crippen molar-refractivity contribution in [1.82, 2.24) is 15.0 Å². The fourth-order valence-electron chi connectivity index (χ4n) is 10.7. The first-order chi connectivity index (χ1) is 31.6. The number of nitrogens with zero attached hydrogens (tertiary/aromatic N) is 3. The summed E-state index contributed by atoms with van der Waals surface area (Å²) in [7, 11) is 0. The smallest absolute Gasteiger partial charge is 0.164 e. The molecule has 0 aliphatic heterocycles. The van der Waals surface area contributed by atoms with Gasteiger partial charge in [-0.2, -0.15) is 0 Å². The summed E-state index contributed by atoms with van der Waals surface area (Å²) in [5.74, 6) is 1.70. The summed E-state index contributed by atoms with van der Waals surface area (Å²) in [5.41, 5.74) is 17.8. The molecule has 3 aromatic heterocycles. The fourth-order valence-corrected chi connectivity index (χ4v) is 10.7. The van der Waals surface area contributed by atoms with Crippen LogP contribution in [0.1, 0.15) is 29.2 Å². The molecule has 11 aromatic rings. The van der Waals surface area contributed by atoms with Crippen molar-refractivity contribution >= 4 is 45.1 Å². The summed E-state index contributed by atoms with van der Waals surface area (Å²) < 4.78 is 12.5. The molecule has 64 heavy (non-hydrogen) atoms. The van der Waals surface area contributed by atoms with Crippen LogP contribution in [-0.4, -0.2) is 15.0 Å². The Morgan fingerprint density at radius 1 is 0.438 bits per heavy atom. The van der Waals surface area contributed by atoms with E-state index >= 15 is 0 Å². The zero-order valence-corrected chi connectivity index (χ0v) is 34.8. The van der Waals surface area contributed by atoms with Crippen molar-refractivity contribution in [3.05, 3.63) is 221 Å². The van der Waals surface area contributed by atoms with Crippen LogP contribution in [0, 0.1) is 0 Å². The van der Waals surface area contributed by atoms with Crippen LogP contribution in [0.2, 0.25) is 0 Å². The molecule has 8 aromatic carbocycles. The molecule has 5 nitrogen and oxygen atoms in total. The third-order valence-corrected chi connectivity index (χ3v) is 13.3. The predicted octanol–water partition coefficient (Wildman–Crippen LogP) is 13.3. The minimum absolute atomic E-state index is 0.462. The lowest BCUT2D eigenvalue weighted by Gasteiger charge is -2.30. The molecule has 13 rings (SSSR count). The Kier molecular flexibility index (Phi) is 7.82. The second-order valence-corrected chi connectivity index (χ2v) is 16.6. The first-order valence-corrected chi connectivity index (χ1v) is 21.7. The molecule has 2 aliphatic carbocycles. The predicted molar refractivity (Wildman–Crippen MR) is 259 cm³/mol. The summed E-state index contributed by atoms with van der Waals surface area (Å²) in [4.78, 5) is 16.0. The summed E-state index contributed by atoms with van der Waals surface area (Å²) in [6, 6.07) is 62.6. The summed E-state index contributed by atoms with van der Waals surface area (Å²) in [6.07, 6.45) is 5.76. The van der Waals surface area contributed by atoms with Crippen molar-refractivity contribution < 1.29 is 8.83 Å². The molecule has 0 saturated carbocycles. The van der Waals surface area contributed by atoms with Gasteiger partial charge in [0.25, 0.3) is 0 Å². The van der Waals surface area contributed by atoms with E-state index < -0.39 is 5.41 Å². The molecule has 0 N–H and O–H groups in total. The van der Waals surface area contributed by atoms with Gasteiger partial charge in [-0.1, -0.05) is 152 Å². The van der Waals surface area contributed by atoms with Crippen LogP contribution in [-0.2, 0) is 5.41 Å². The summed E-state index contributed by atoms with van der Waals surface area (Å²) in [6.45, 7) is 5.96. The number of aromatic nitrogens is 3. The molecule has 0 bridgehead atoms. The quantitative estimate of drug-likeness (QED) is 0.173. The number of hydrogen-bond acceptors (Lipinski definition) is 5. The Morgan fingerprint density at radius 3 is 1.64 bits per heavy atom. The first-order valence-electron chi connectivity index (χ1n) is 21.7. The average molecular weight is 820 g/mol. The van der Waals surface area contributed by atoms with Gasteiger partial charge in [0.05, 0.1) is 5.41 Å². The van der Waals surface area contributed by atoms with Gasteiger partial charge in [0.2, 0.25) is 0 Å². The number of para-hydroxylation sites is 1. The first kappa shape index (κ1) is 36.3. The zero-order valence-electron chi connectivity index (χ0n) is 34.8. The van der Waals surface area contributed by atoms with Crippen molar-refractivity contribution in [2.24, 2.45) is 0 Å². The van der Waals surface area contributed by atoms with Gasteiger partial charge in [-0.3, -0.25) is 0 Å². The normalized spacial score (nSPS) is 13.8. The van der Waals surface area contributed by atoms with Crippen LogP contribution in [0.4, 0.5) is 0 Å². The van der Waals surface area contributed by atoms with Gasteiger partial charge in [0.1, 0.15) is 22.2 Å². The Labute approximate surface area is 368 Å². The van der Waals surface area contributed by atoms with E-state index in [1.807, 2.05) is 61.5 Å². The van der Waals surface area contributed by atoms with Crippen molar-refractivity contribution in [2.45, 2.75) is 12.3 Å². The topological polar surface area (TPSA) is 65.0 Å². The van der Waals surface area contributed by atoms with Crippen LogP contribution in [0.25, 0.3) is 113 Å². The van der Waals surface area contributed by atoms with Gasteiger partial charge in [-0.25, -0.2) is 15.0 Å². The highest BCUT2D eigenvalue weighted by Gasteiger charge is 2.52. The molecule has 300 valence electrons. The van der Waals surface area contributed by atoms with E-state index in [2.05, 4.69) is 140 Å². The van der Waals surface area contributed by atoms with E-state index in [0.717, 1.165) is 71.4 Å². The van der Waals surface area contributed by atoms with Gasteiger partial charge >= 0.3 is 0 Å². The van der Waals surface area contributed by atoms with Crippen LogP contribution in [0.5, 0.6) is 0 Å². The van der Waals surface area contributed by atoms with Crippen molar-refractivity contribution in [3.8, 4) is 67.5 Å². The Bertz CT molecular complexity index is 3860. The van der Waals surface area contributed by atoms with Crippen LogP contribution < -0.4 is 10.6 Å². The maximum absolute atomic E-state index is 6.25. The molecule has 0 fully saturated rings. The molecule has 0 amide bonds. The molecule has 3 heterocycles. The second kappa shape index (κ2) is 13.8. The molecule has 2 aliphatic rings. The van der Waals surface area contributed by atoms with E-state index in [4.69, 9.17) is 23.8 Å². The third-order valence-electron chi connectivity index (χ3n) is 13.3. The lowest BCUT2D eigenvalue weighted by Crippen LogP contribution is -2.25. The highest BCUT2D eigenvalue weighted by molar-refractivity contribution is 6.06. The molecule has 0 saturated heterocycles. The number of furan rings is 2. The molecule has 5 heteroatoms. The zero-order chi connectivity index (χ0) is 42.5. The van der Waals surface area contributed by atoms with Gasteiger partial charge in [0.15, 0.2) is 17.5 Å². The fraction of sp³-hybridized carbons (Fsp3) is 0.0339. The number of fused-ring (bicyclic) bond motifs is 14. The lowest BCUT2D eigenvalue weighted by atomic mass is 9.70. The molecule has 0 unspecified atom stereocenters. The monoisotopic (exact) mass is 819 g/mol. The average Bonchev–Trinajstić information content (AvgIpc) is 4.08. The van der Waals surface area contributed by atoms with Crippen LogP contribution in [0.15, 0.2) is 197 Å². The van der Waals surface area contributed by atoms with Gasteiger partial charge < -0.3 is 8.83 Å². The minimum atomic E-state index is -0.462. The largest absolute Gasteiger partial charge is 0.456 e.